The first-order chi connectivity index (χ1) is 5.75. The Balaban J connectivity index is 2.39. The van der Waals surface area contributed by atoms with Gasteiger partial charge in [-0.3, -0.25) is 5.41 Å². The first kappa shape index (κ1) is 9.56. The van der Waals surface area contributed by atoms with Crippen LogP contribution in [-0.4, -0.2) is 24.3 Å². The molecule has 1 aliphatic carbocycles. The largest absolute Gasteiger partial charge is 0.364 e. The Morgan fingerprint density at radius 1 is 1.33 bits per heavy atom. The van der Waals surface area contributed by atoms with Crippen LogP contribution in [0, 0.1) is 11.3 Å². The van der Waals surface area contributed by atoms with Crippen LogP contribution in [0.1, 0.15) is 39.0 Å². The van der Waals surface area contributed by atoms with Gasteiger partial charge in [-0.25, -0.2) is 0 Å². The average Bonchev–Trinajstić information content (AvgIpc) is 2.17. The molecule has 1 fully saturated rings. The minimum absolute atomic E-state index is 0.559. The molecule has 0 aromatic carbocycles. The Labute approximate surface area is 75.5 Å². The van der Waals surface area contributed by atoms with E-state index in [9.17, 15) is 0 Å². The van der Waals surface area contributed by atoms with Gasteiger partial charge in [0, 0.05) is 19.5 Å². The highest BCUT2D eigenvalue weighted by atomic mass is 15.1. The summed E-state index contributed by atoms with van der Waals surface area (Å²) in [5.41, 5.74) is 0. The Morgan fingerprint density at radius 3 is 2.42 bits per heavy atom. The van der Waals surface area contributed by atoms with E-state index in [1.165, 1.54) is 32.1 Å². The van der Waals surface area contributed by atoms with Crippen molar-refractivity contribution in [3.8, 4) is 0 Å². The van der Waals surface area contributed by atoms with Crippen molar-refractivity contribution in [3.05, 3.63) is 0 Å². The molecule has 0 spiro atoms. The van der Waals surface area contributed by atoms with Crippen molar-refractivity contribution in [2.45, 2.75) is 39.0 Å². The molecule has 12 heavy (non-hydrogen) atoms. The molecule has 0 atom stereocenters. The summed E-state index contributed by atoms with van der Waals surface area (Å²) >= 11 is 0. The molecule has 0 radical (unpaired) electrons. The van der Waals surface area contributed by atoms with Gasteiger partial charge >= 0.3 is 0 Å². The highest BCUT2D eigenvalue weighted by Gasteiger charge is 2.19. The molecule has 1 saturated carbocycles. The van der Waals surface area contributed by atoms with E-state index in [4.69, 9.17) is 5.41 Å². The monoisotopic (exact) mass is 168 g/mol. The fourth-order valence-electron chi connectivity index (χ4n) is 1.86. The fourth-order valence-corrected chi connectivity index (χ4v) is 1.86. The second-order valence-electron chi connectivity index (χ2n) is 3.73. The lowest BCUT2D eigenvalue weighted by atomic mass is 9.88. The molecule has 1 rings (SSSR count). The molecule has 2 nitrogen and oxygen atoms in total. The topological polar surface area (TPSA) is 27.1 Å². The highest BCUT2D eigenvalue weighted by molar-refractivity contribution is 5.81. The lowest BCUT2D eigenvalue weighted by molar-refractivity contribution is 0.392. The van der Waals surface area contributed by atoms with Crippen molar-refractivity contribution in [2.24, 2.45) is 5.92 Å². The molecule has 2 heteroatoms. The van der Waals surface area contributed by atoms with Crippen LogP contribution in [0.15, 0.2) is 0 Å². The van der Waals surface area contributed by atoms with Gasteiger partial charge in [0.2, 0.25) is 0 Å². The minimum atomic E-state index is 0.559. The smallest absolute Gasteiger partial charge is 0.0986 e. The van der Waals surface area contributed by atoms with Crippen LogP contribution in [0.5, 0.6) is 0 Å². The standard InChI is InChI=1S/C10H20N2/c1-3-12(2)10(11)9-7-5-4-6-8-9/h9,11H,3-8H2,1-2H3. The third-order valence-electron chi connectivity index (χ3n) is 2.88. The first-order valence-corrected chi connectivity index (χ1v) is 5.05. The zero-order chi connectivity index (χ0) is 8.97. The third kappa shape index (κ3) is 2.23. The SMILES string of the molecule is CCN(C)C(=N)C1CCCCC1. The van der Waals surface area contributed by atoms with Crippen molar-refractivity contribution in [1.29, 1.82) is 5.41 Å². The van der Waals surface area contributed by atoms with E-state index in [-0.39, 0.29) is 0 Å². The molecule has 0 bridgehead atoms. The molecule has 70 valence electrons. The van der Waals surface area contributed by atoms with Crippen LogP contribution in [0.4, 0.5) is 0 Å². The lowest BCUT2D eigenvalue weighted by Gasteiger charge is -2.28. The summed E-state index contributed by atoms with van der Waals surface area (Å²) in [4.78, 5) is 2.07. The molecule has 0 aromatic rings. The number of nitrogens with one attached hydrogen (secondary N) is 1. The zero-order valence-corrected chi connectivity index (χ0v) is 8.27. The Morgan fingerprint density at radius 2 is 1.92 bits per heavy atom. The molecule has 1 aliphatic rings. The Bertz CT molecular complexity index is 148. The maximum atomic E-state index is 7.92. The Kier molecular flexibility index (Phi) is 3.57. The van der Waals surface area contributed by atoms with E-state index < -0.39 is 0 Å². The molecule has 0 saturated heterocycles. The molecule has 0 unspecified atom stereocenters. The predicted octanol–water partition coefficient (Wildman–Crippen LogP) is 2.50. The van der Waals surface area contributed by atoms with Crippen LogP contribution in [0.3, 0.4) is 0 Å². The summed E-state index contributed by atoms with van der Waals surface area (Å²) < 4.78 is 0. The van der Waals surface area contributed by atoms with Crippen LogP contribution >= 0.6 is 0 Å². The molecular weight excluding hydrogens is 148 g/mol. The lowest BCUT2D eigenvalue weighted by Crippen LogP contribution is -2.33. The third-order valence-corrected chi connectivity index (χ3v) is 2.88. The van der Waals surface area contributed by atoms with Crippen LogP contribution in [0.2, 0.25) is 0 Å². The molecule has 0 heterocycles. The van der Waals surface area contributed by atoms with Crippen LogP contribution in [-0.2, 0) is 0 Å². The van der Waals surface area contributed by atoms with Gasteiger partial charge in [-0.2, -0.15) is 0 Å². The second-order valence-corrected chi connectivity index (χ2v) is 3.73. The Hall–Kier alpha value is -0.530. The summed E-state index contributed by atoms with van der Waals surface area (Å²) in [5, 5.41) is 7.92. The van der Waals surface area contributed by atoms with Gasteiger partial charge in [-0.1, -0.05) is 19.3 Å². The van der Waals surface area contributed by atoms with Gasteiger partial charge in [-0.15, -0.1) is 0 Å². The van der Waals surface area contributed by atoms with E-state index >= 15 is 0 Å². The normalized spacial score (nSPS) is 19.2. The zero-order valence-electron chi connectivity index (χ0n) is 8.27. The molecule has 0 amide bonds. The van der Waals surface area contributed by atoms with E-state index in [1.807, 2.05) is 7.05 Å². The van der Waals surface area contributed by atoms with Crippen molar-refractivity contribution in [2.75, 3.05) is 13.6 Å². The van der Waals surface area contributed by atoms with Gasteiger partial charge < -0.3 is 4.90 Å². The van der Waals surface area contributed by atoms with E-state index in [2.05, 4.69) is 11.8 Å². The quantitative estimate of drug-likeness (QED) is 0.498. The first-order valence-electron chi connectivity index (χ1n) is 5.05. The summed E-state index contributed by atoms with van der Waals surface area (Å²) in [6, 6.07) is 0. The van der Waals surface area contributed by atoms with Gasteiger partial charge in [0.05, 0.1) is 5.84 Å². The average molecular weight is 168 g/mol. The van der Waals surface area contributed by atoms with E-state index in [0.717, 1.165) is 12.4 Å². The van der Waals surface area contributed by atoms with Gasteiger partial charge in [0.15, 0.2) is 0 Å². The van der Waals surface area contributed by atoms with Crippen LogP contribution in [0.25, 0.3) is 0 Å². The number of amidine groups is 1. The number of rotatable bonds is 2. The van der Waals surface area contributed by atoms with Gasteiger partial charge in [0.1, 0.15) is 0 Å². The molecule has 0 aliphatic heterocycles. The number of hydrogen-bond acceptors (Lipinski definition) is 1. The maximum absolute atomic E-state index is 7.92. The second kappa shape index (κ2) is 4.48. The van der Waals surface area contributed by atoms with Crippen molar-refractivity contribution >= 4 is 5.84 Å². The van der Waals surface area contributed by atoms with Crippen molar-refractivity contribution in [1.82, 2.24) is 4.90 Å². The van der Waals surface area contributed by atoms with Crippen molar-refractivity contribution < 1.29 is 0 Å². The summed E-state index contributed by atoms with van der Waals surface area (Å²) in [6.07, 6.45) is 6.50. The number of hydrogen-bond donors (Lipinski definition) is 1. The molecule has 0 aromatic heterocycles. The summed E-state index contributed by atoms with van der Waals surface area (Å²) in [5.74, 6) is 1.42. The maximum Gasteiger partial charge on any atom is 0.0986 e. The minimum Gasteiger partial charge on any atom is -0.364 e. The van der Waals surface area contributed by atoms with E-state index in [1.54, 1.807) is 0 Å². The van der Waals surface area contributed by atoms with Crippen LogP contribution < -0.4 is 0 Å². The highest BCUT2D eigenvalue weighted by Crippen LogP contribution is 2.24. The molecular formula is C10H20N2. The summed E-state index contributed by atoms with van der Waals surface area (Å²) in [6.45, 7) is 3.08. The fraction of sp³-hybridized carbons (Fsp3) is 0.900. The molecule has 1 N–H and O–H groups in total. The van der Waals surface area contributed by atoms with Gasteiger partial charge in [0.25, 0.3) is 0 Å². The van der Waals surface area contributed by atoms with E-state index in [0.29, 0.717) is 5.92 Å². The number of nitrogens with zero attached hydrogens (tertiary/aromatic N) is 1. The summed E-state index contributed by atoms with van der Waals surface area (Å²) in [7, 11) is 2.02. The van der Waals surface area contributed by atoms with Crippen molar-refractivity contribution in [3.63, 3.8) is 0 Å². The van der Waals surface area contributed by atoms with Gasteiger partial charge in [-0.05, 0) is 19.8 Å². The predicted molar refractivity (Wildman–Crippen MR) is 52.6 cm³/mol.